The fraction of sp³-hybridized carbons (Fsp3) is 0.286. The van der Waals surface area contributed by atoms with Gasteiger partial charge in [0.2, 0.25) is 6.41 Å². The summed E-state index contributed by atoms with van der Waals surface area (Å²) >= 11 is 0. The van der Waals surface area contributed by atoms with Crippen LogP contribution in [0.25, 0.3) is 0 Å². The Morgan fingerprint density at radius 3 is 3.00 bits per heavy atom. The zero-order valence-corrected chi connectivity index (χ0v) is 5.87. The number of anilines is 1. The summed E-state index contributed by atoms with van der Waals surface area (Å²) in [5, 5.41) is 0. The molecule has 0 bridgehead atoms. The molecular formula is C7H10N2O. The third kappa shape index (κ3) is 1.18. The Balaban J connectivity index is 2.73. The highest BCUT2D eigenvalue weighted by Crippen LogP contribution is 2.08. The number of carbonyl (C=O) groups is 1. The van der Waals surface area contributed by atoms with E-state index in [-0.39, 0.29) is 0 Å². The lowest BCUT2D eigenvalue weighted by atomic mass is 10.4. The minimum absolute atomic E-state index is 0.710. The molecule has 0 fully saturated rings. The highest BCUT2D eigenvalue weighted by Gasteiger charge is 1.99. The predicted octanol–water partition coefficient (Wildman–Crippen LogP) is 0.997. The molecule has 3 heteroatoms. The molecule has 1 amide bonds. The Kier molecular flexibility index (Phi) is 2.10. The zero-order valence-electron chi connectivity index (χ0n) is 5.87. The molecule has 0 aliphatic rings. The summed E-state index contributed by atoms with van der Waals surface area (Å²) in [6.45, 7) is 2.64. The van der Waals surface area contributed by atoms with Crippen molar-refractivity contribution in [1.29, 1.82) is 0 Å². The minimum atomic E-state index is 0.710. The highest BCUT2D eigenvalue weighted by atomic mass is 16.1. The van der Waals surface area contributed by atoms with Gasteiger partial charge in [0.05, 0.1) is 5.69 Å². The maximum Gasteiger partial charge on any atom is 0.214 e. The third-order valence-corrected chi connectivity index (χ3v) is 1.38. The topological polar surface area (TPSA) is 36.1 Å². The standard InChI is InChI=1S/C7H10N2O/c1-2-9(6-10)7-3-4-8-5-7/h3-6,8H,2H2,1H3. The molecule has 0 unspecified atom stereocenters. The van der Waals surface area contributed by atoms with Gasteiger partial charge in [0.15, 0.2) is 0 Å². The molecule has 3 nitrogen and oxygen atoms in total. The van der Waals surface area contributed by atoms with Crippen molar-refractivity contribution in [2.75, 3.05) is 11.4 Å². The Morgan fingerprint density at radius 1 is 1.80 bits per heavy atom. The number of rotatable bonds is 3. The van der Waals surface area contributed by atoms with Crippen molar-refractivity contribution in [3.63, 3.8) is 0 Å². The van der Waals surface area contributed by atoms with Crippen LogP contribution in [0.3, 0.4) is 0 Å². The molecule has 0 aliphatic heterocycles. The first-order chi connectivity index (χ1) is 4.88. The van der Waals surface area contributed by atoms with Gasteiger partial charge in [0.1, 0.15) is 0 Å². The van der Waals surface area contributed by atoms with Gasteiger partial charge in [-0.25, -0.2) is 0 Å². The first kappa shape index (κ1) is 6.86. The largest absolute Gasteiger partial charge is 0.366 e. The lowest BCUT2D eigenvalue weighted by Crippen LogP contribution is -2.19. The molecule has 10 heavy (non-hydrogen) atoms. The average Bonchev–Trinajstić information content (AvgIpc) is 2.43. The van der Waals surface area contributed by atoms with E-state index in [1.807, 2.05) is 13.0 Å². The van der Waals surface area contributed by atoms with Gasteiger partial charge in [-0.05, 0) is 13.0 Å². The fourth-order valence-corrected chi connectivity index (χ4v) is 0.812. The summed E-state index contributed by atoms with van der Waals surface area (Å²) in [6, 6.07) is 1.86. The van der Waals surface area contributed by atoms with Crippen LogP contribution in [0.15, 0.2) is 18.5 Å². The summed E-state index contributed by atoms with van der Waals surface area (Å²) in [5.41, 5.74) is 0.914. The molecule has 0 saturated heterocycles. The van der Waals surface area contributed by atoms with Crippen LogP contribution in [-0.4, -0.2) is 17.9 Å². The lowest BCUT2D eigenvalue weighted by molar-refractivity contribution is -0.107. The van der Waals surface area contributed by atoms with Crippen molar-refractivity contribution in [3.8, 4) is 0 Å². The van der Waals surface area contributed by atoms with Gasteiger partial charge in [-0.2, -0.15) is 0 Å². The van der Waals surface area contributed by atoms with E-state index < -0.39 is 0 Å². The van der Waals surface area contributed by atoms with Crippen molar-refractivity contribution in [3.05, 3.63) is 18.5 Å². The van der Waals surface area contributed by atoms with Crippen LogP contribution < -0.4 is 4.90 Å². The van der Waals surface area contributed by atoms with Gasteiger partial charge in [-0.15, -0.1) is 0 Å². The van der Waals surface area contributed by atoms with Gasteiger partial charge in [0.25, 0.3) is 0 Å². The fourth-order valence-electron chi connectivity index (χ4n) is 0.812. The number of nitrogens with one attached hydrogen (secondary N) is 1. The number of hydrogen-bond donors (Lipinski definition) is 1. The van der Waals surface area contributed by atoms with E-state index in [4.69, 9.17) is 0 Å². The van der Waals surface area contributed by atoms with E-state index in [2.05, 4.69) is 4.98 Å². The summed E-state index contributed by atoms with van der Waals surface area (Å²) in [5.74, 6) is 0. The SMILES string of the molecule is CCN(C=O)c1cc[nH]c1. The second-order valence-corrected chi connectivity index (χ2v) is 1.96. The van der Waals surface area contributed by atoms with Crippen molar-refractivity contribution in [2.45, 2.75) is 6.92 Å². The molecule has 54 valence electrons. The maximum atomic E-state index is 10.3. The van der Waals surface area contributed by atoms with Crippen LogP contribution in [0.4, 0.5) is 5.69 Å². The van der Waals surface area contributed by atoms with Crippen molar-refractivity contribution in [1.82, 2.24) is 4.98 Å². The molecule has 1 N–H and O–H groups in total. The molecule has 1 aromatic heterocycles. The van der Waals surface area contributed by atoms with E-state index >= 15 is 0 Å². The number of nitrogens with zero attached hydrogens (tertiary/aromatic N) is 1. The smallest absolute Gasteiger partial charge is 0.214 e. The Bertz CT molecular complexity index is 193. The van der Waals surface area contributed by atoms with E-state index in [0.717, 1.165) is 12.1 Å². The van der Waals surface area contributed by atoms with Crippen LogP contribution in [-0.2, 0) is 4.79 Å². The monoisotopic (exact) mass is 138 g/mol. The second-order valence-electron chi connectivity index (χ2n) is 1.96. The molecule has 0 spiro atoms. The molecule has 0 saturated carbocycles. The molecular weight excluding hydrogens is 128 g/mol. The average molecular weight is 138 g/mol. The first-order valence-corrected chi connectivity index (χ1v) is 3.23. The molecule has 0 aliphatic carbocycles. The lowest BCUT2D eigenvalue weighted by Gasteiger charge is -2.10. The number of aromatic nitrogens is 1. The molecule has 1 rings (SSSR count). The molecule has 0 atom stereocenters. The van der Waals surface area contributed by atoms with Crippen LogP contribution in [0, 0.1) is 0 Å². The van der Waals surface area contributed by atoms with E-state index in [0.29, 0.717) is 6.54 Å². The quantitative estimate of drug-likeness (QED) is 0.621. The number of hydrogen-bond acceptors (Lipinski definition) is 1. The van der Waals surface area contributed by atoms with Crippen LogP contribution in [0.2, 0.25) is 0 Å². The maximum absolute atomic E-state index is 10.3. The molecule has 0 radical (unpaired) electrons. The summed E-state index contributed by atoms with van der Waals surface area (Å²) in [4.78, 5) is 14.8. The predicted molar refractivity (Wildman–Crippen MR) is 39.9 cm³/mol. The third-order valence-electron chi connectivity index (χ3n) is 1.38. The summed E-state index contributed by atoms with van der Waals surface area (Å²) < 4.78 is 0. The zero-order chi connectivity index (χ0) is 7.40. The first-order valence-electron chi connectivity index (χ1n) is 3.23. The van der Waals surface area contributed by atoms with E-state index in [9.17, 15) is 4.79 Å². The number of H-pyrrole nitrogens is 1. The number of amides is 1. The molecule has 1 aromatic rings. The number of aromatic amines is 1. The van der Waals surface area contributed by atoms with Crippen LogP contribution >= 0.6 is 0 Å². The number of carbonyl (C=O) groups excluding carboxylic acids is 1. The minimum Gasteiger partial charge on any atom is -0.366 e. The van der Waals surface area contributed by atoms with Crippen molar-refractivity contribution in [2.24, 2.45) is 0 Å². The van der Waals surface area contributed by atoms with E-state index in [1.54, 1.807) is 17.3 Å². The molecule has 0 aromatic carbocycles. The van der Waals surface area contributed by atoms with E-state index in [1.165, 1.54) is 0 Å². The Labute approximate surface area is 59.7 Å². The highest BCUT2D eigenvalue weighted by molar-refractivity contribution is 5.74. The van der Waals surface area contributed by atoms with Gasteiger partial charge in [0, 0.05) is 18.9 Å². The van der Waals surface area contributed by atoms with Gasteiger partial charge in [-0.3, -0.25) is 4.79 Å². The van der Waals surface area contributed by atoms with Crippen LogP contribution in [0.5, 0.6) is 0 Å². The normalized spacial score (nSPS) is 9.30. The van der Waals surface area contributed by atoms with Gasteiger partial charge < -0.3 is 9.88 Å². The molecule has 1 heterocycles. The van der Waals surface area contributed by atoms with Crippen molar-refractivity contribution >= 4 is 12.1 Å². The summed E-state index contributed by atoms with van der Waals surface area (Å²) in [7, 11) is 0. The van der Waals surface area contributed by atoms with Gasteiger partial charge in [-0.1, -0.05) is 0 Å². The van der Waals surface area contributed by atoms with Crippen molar-refractivity contribution < 1.29 is 4.79 Å². The summed E-state index contributed by atoms with van der Waals surface area (Å²) in [6.07, 6.45) is 4.41. The Hall–Kier alpha value is -1.25. The van der Waals surface area contributed by atoms with Gasteiger partial charge >= 0.3 is 0 Å². The van der Waals surface area contributed by atoms with Crippen LogP contribution in [0.1, 0.15) is 6.92 Å². The second kappa shape index (κ2) is 3.06. The Morgan fingerprint density at radius 2 is 2.60 bits per heavy atom.